The Bertz CT molecular complexity index is 647. The third-order valence-electron chi connectivity index (χ3n) is 2.90. The summed E-state index contributed by atoms with van der Waals surface area (Å²) < 4.78 is 5.36. The van der Waals surface area contributed by atoms with Gasteiger partial charge in [0.25, 0.3) is 5.69 Å². The lowest BCUT2D eigenvalue weighted by molar-refractivity contribution is -0.385. The van der Waals surface area contributed by atoms with Gasteiger partial charge in [0.2, 0.25) is 0 Å². The van der Waals surface area contributed by atoms with Gasteiger partial charge in [-0.25, -0.2) is 0 Å². The van der Waals surface area contributed by atoms with E-state index in [1.54, 1.807) is 30.3 Å². The quantitative estimate of drug-likeness (QED) is 0.640. The summed E-state index contributed by atoms with van der Waals surface area (Å²) in [5, 5.41) is 14.6. The third kappa shape index (κ3) is 3.86. The topological polar surface area (TPSA) is 64.4 Å². The Morgan fingerprint density at radius 2 is 2.05 bits per heavy atom. The molecule has 2 rings (SSSR count). The van der Waals surface area contributed by atoms with Crippen molar-refractivity contribution in [1.29, 1.82) is 0 Å². The van der Waals surface area contributed by atoms with E-state index in [1.807, 2.05) is 13.0 Å². The molecular weight excluding hydrogens is 292 g/mol. The number of halogens is 1. The van der Waals surface area contributed by atoms with Crippen LogP contribution in [0, 0.1) is 10.1 Å². The van der Waals surface area contributed by atoms with E-state index in [1.165, 1.54) is 6.07 Å². The van der Waals surface area contributed by atoms with Crippen LogP contribution < -0.4 is 10.1 Å². The van der Waals surface area contributed by atoms with Gasteiger partial charge < -0.3 is 10.1 Å². The van der Waals surface area contributed by atoms with Crippen LogP contribution in [0.1, 0.15) is 12.5 Å². The van der Waals surface area contributed by atoms with Crippen LogP contribution in [0.2, 0.25) is 5.02 Å². The fourth-order valence-electron chi connectivity index (χ4n) is 1.92. The van der Waals surface area contributed by atoms with Crippen LogP contribution in [0.5, 0.6) is 5.75 Å². The molecule has 0 aliphatic carbocycles. The highest BCUT2D eigenvalue weighted by molar-refractivity contribution is 6.32. The van der Waals surface area contributed by atoms with Gasteiger partial charge in [0.05, 0.1) is 16.6 Å². The van der Waals surface area contributed by atoms with Gasteiger partial charge in [-0.2, -0.15) is 0 Å². The molecule has 0 aromatic heterocycles. The van der Waals surface area contributed by atoms with E-state index < -0.39 is 0 Å². The zero-order valence-corrected chi connectivity index (χ0v) is 12.3. The number of rotatable bonds is 6. The molecule has 5 nitrogen and oxygen atoms in total. The van der Waals surface area contributed by atoms with Crippen LogP contribution in [0.15, 0.2) is 42.5 Å². The van der Waals surface area contributed by atoms with Crippen molar-refractivity contribution in [2.24, 2.45) is 0 Å². The van der Waals surface area contributed by atoms with Gasteiger partial charge in [-0.3, -0.25) is 10.1 Å². The zero-order chi connectivity index (χ0) is 15.2. The summed E-state index contributed by atoms with van der Waals surface area (Å²) in [5.41, 5.74) is 1.50. The second kappa shape index (κ2) is 6.95. The van der Waals surface area contributed by atoms with Crippen molar-refractivity contribution in [3.8, 4) is 5.75 Å². The SMILES string of the molecule is CCOc1ccc(NCc2ccccc2[N+](=O)[O-])cc1Cl. The first kappa shape index (κ1) is 15.1. The molecule has 0 fully saturated rings. The summed E-state index contributed by atoms with van der Waals surface area (Å²) in [7, 11) is 0. The number of nitro benzene ring substituents is 1. The molecule has 0 heterocycles. The minimum atomic E-state index is -0.387. The fraction of sp³-hybridized carbons (Fsp3) is 0.200. The number of benzene rings is 2. The molecule has 21 heavy (non-hydrogen) atoms. The number of nitro groups is 1. The Morgan fingerprint density at radius 1 is 1.29 bits per heavy atom. The molecule has 0 aliphatic rings. The number of nitrogens with one attached hydrogen (secondary N) is 1. The molecule has 0 bridgehead atoms. The number of nitrogens with zero attached hydrogens (tertiary/aromatic N) is 1. The predicted molar refractivity (Wildman–Crippen MR) is 83.0 cm³/mol. The Hall–Kier alpha value is -2.27. The molecule has 0 spiro atoms. The second-order valence-electron chi connectivity index (χ2n) is 4.32. The van der Waals surface area contributed by atoms with Gasteiger partial charge >= 0.3 is 0 Å². The number of hydrogen-bond acceptors (Lipinski definition) is 4. The summed E-state index contributed by atoms with van der Waals surface area (Å²) in [6, 6.07) is 12.0. The molecule has 0 aliphatic heterocycles. The van der Waals surface area contributed by atoms with Crippen LogP contribution in [0.4, 0.5) is 11.4 Å². The van der Waals surface area contributed by atoms with Crippen LogP contribution in [0.25, 0.3) is 0 Å². The van der Waals surface area contributed by atoms with Crippen LogP contribution in [-0.2, 0) is 6.54 Å². The summed E-state index contributed by atoms with van der Waals surface area (Å²) in [5.74, 6) is 0.621. The lowest BCUT2D eigenvalue weighted by Crippen LogP contribution is -2.03. The molecule has 0 amide bonds. The van der Waals surface area contributed by atoms with E-state index >= 15 is 0 Å². The average molecular weight is 307 g/mol. The van der Waals surface area contributed by atoms with Gasteiger partial charge in [-0.05, 0) is 25.1 Å². The Kier molecular flexibility index (Phi) is 5.00. The van der Waals surface area contributed by atoms with Crippen LogP contribution in [-0.4, -0.2) is 11.5 Å². The molecule has 0 saturated heterocycles. The van der Waals surface area contributed by atoms with E-state index in [0.717, 1.165) is 5.69 Å². The molecule has 2 aromatic carbocycles. The number of para-hydroxylation sites is 1. The molecule has 0 atom stereocenters. The van der Waals surface area contributed by atoms with Crippen molar-refractivity contribution < 1.29 is 9.66 Å². The average Bonchev–Trinajstić information content (AvgIpc) is 2.48. The largest absolute Gasteiger partial charge is 0.492 e. The van der Waals surface area contributed by atoms with Gasteiger partial charge in [0.15, 0.2) is 0 Å². The molecule has 0 unspecified atom stereocenters. The van der Waals surface area contributed by atoms with Crippen LogP contribution >= 0.6 is 11.6 Å². The summed E-state index contributed by atoms with van der Waals surface area (Å²) in [4.78, 5) is 10.6. The van der Waals surface area contributed by atoms with Crippen molar-refractivity contribution in [2.45, 2.75) is 13.5 Å². The van der Waals surface area contributed by atoms with Crippen molar-refractivity contribution in [2.75, 3.05) is 11.9 Å². The molecule has 0 radical (unpaired) electrons. The van der Waals surface area contributed by atoms with Crippen molar-refractivity contribution >= 4 is 23.0 Å². The van der Waals surface area contributed by atoms with Crippen molar-refractivity contribution in [3.05, 3.63) is 63.2 Å². The van der Waals surface area contributed by atoms with Crippen molar-refractivity contribution in [3.63, 3.8) is 0 Å². The van der Waals surface area contributed by atoms with Crippen LogP contribution in [0.3, 0.4) is 0 Å². The summed E-state index contributed by atoms with van der Waals surface area (Å²) in [6.45, 7) is 2.78. The first-order valence-corrected chi connectivity index (χ1v) is 6.88. The molecule has 0 saturated carbocycles. The zero-order valence-electron chi connectivity index (χ0n) is 11.5. The minimum absolute atomic E-state index is 0.0991. The van der Waals surface area contributed by atoms with Gasteiger partial charge in [-0.15, -0.1) is 0 Å². The first-order valence-electron chi connectivity index (χ1n) is 6.50. The Labute approximate surface area is 127 Å². The highest BCUT2D eigenvalue weighted by Crippen LogP contribution is 2.28. The monoisotopic (exact) mass is 306 g/mol. The molecular formula is C15H15ClN2O3. The molecule has 1 N–H and O–H groups in total. The Balaban J connectivity index is 2.10. The maximum atomic E-state index is 10.9. The predicted octanol–water partition coefficient (Wildman–Crippen LogP) is 4.26. The number of hydrogen-bond donors (Lipinski definition) is 1. The highest BCUT2D eigenvalue weighted by Gasteiger charge is 2.12. The Morgan fingerprint density at radius 3 is 2.71 bits per heavy atom. The lowest BCUT2D eigenvalue weighted by Gasteiger charge is -2.10. The van der Waals surface area contributed by atoms with E-state index in [-0.39, 0.29) is 10.6 Å². The lowest BCUT2D eigenvalue weighted by atomic mass is 10.2. The van der Waals surface area contributed by atoms with E-state index in [4.69, 9.17) is 16.3 Å². The van der Waals surface area contributed by atoms with E-state index in [2.05, 4.69) is 5.32 Å². The van der Waals surface area contributed by atoms with E-state index in [0.29, 0.717) is 29.5 Å². The number of ether oxygens (including phenoxy) is 1. The maximum Gasteiger partial charge on any atom is 0.274 e. The molecule has 2 aromatic rings. The van der Waals surface area contributed by atoms with Gasteiger partial charge in [0.1, 0.15) is 5.75 Å². The smallest absolute Gasteiger partial charge is 0.274 e. The minimum Gasteiger partial charge on any atom is -0.492 e. The summed E-state index contributed by atoms with van der Waals surface area (Å²) in [6.07, 6.45) is 0. The third-order valence-corrected chi connectivity index (χ3v) is 3.20. The fourth-order valence-corrected chi connectivity index (χ4v) is 2.15. The molecule has 6 heteroatoms. The number of anilines is 1. The van der Waals surface area contributed by atoms with E-state index in [9.17, 15) is 10.1 Å². The highest BCUT2D eigenvalue weighted by atomic mass is 35.5. The molecule has 110 valence electrons. The van der Waals surface area contributed by atoms with Gasteiger partial charge in [0, 0.05) is 23.9 Å². The first-order chi connectivity index (χ1) is 10.1. The maximum absolute atomic E-state index is 10.9. The van der Waals surface area contributed by atoms with Gasteiger partial charge in [-0.1, -0.05) is 29.8 Å². The standard InChI is InChI=1S/C15H15ClN2O3/c1-2-21-15-8-7-12(9-13(15)16)17-10-11-5-3-4-6-14(11)18(19)20/h3-9,17H,2,10H2,1H3. The second-order valence-corrected chi connectivity index (χ2v) is 4.72. The summed E-state index contributed by atoms with van der Waals surface area (Å²) >= 11 is 6.10. The van der Waals surface area contributed by atoms with Crippen molar-refractivity contribution in [1.82, 2.24) is 0 Å². The normalized spacial score (nSPS) is 10.2.